The molecule has 114 valence electrons. The molecular formula is C12H22N4O3S. The van der Waals surface area contributed by atoms with Gasteiger partial charge < -0.3 is 10.5 Å². The number of hydrogen-bond donors (Lipinski definition) is 2. The second-order valence-electron chi connectivity index (χ2n) is 5.16. The van der Waals surface area contributed by atoms with Crippen molar-refractivity contribution in [2.45, 2.75) is 31.2 Å². The molecule has 0 radical (unpaired) electrons. The molecule has 1 aliphatic rings. The zero-order chi connectivity index (χ0) is 14.8. The number of nitrogens with one attached hydrogen (secondary N) is 1. The Morgan fingerprint density at radius 2 is 2.30 bits per heavy atom. The third kappa shape index (κ3) is 2.88. The lowest BCUT2D eigenvalue weighted by Gasteiger charge is -2.31. The molecule has 8 heteroatoms. The van der Waals surface area contributed by atoms with Crippen molar-refractivity contribution in [1.82, 2.24) is 14.5 Å². The number of rotatable bonds is 5. The van der Waals surface area contributed by atoms with E-state index in [9.17, 15) is 8.42 Å². The molecule has 2 rings (SSSR count). The van der Waals surface area contributed by atoms with Gasteiger partial charge in [-0.2, -0.15) is 9.40 Å². The van der Waals surface area contributed by atoms with Crippen molar-refractivity contribution in [2.75, 3.05) is 26.8 Å². The first-order chi connectivity index (χ1) is 9.50. The third-order valence-electron chi connectivity index (χ3n) is 3.64. The van der Waals surface area contributed by atoms with Crippen LogP contribution in [0, 0.1) is 12.8 Å². The monoisotopic (exact) mass is 302 g/mol. The lowest BCUT2D eigenvalue weighted by molar-refractivity contribution is 0.118. The van der Waals surface area contributed by atoms with Crippen LogP contribution < -0.4 is 5.73 Å². The molecule has 20 heavy (non-hydrogen) atoms. The number of piperidine rings is 1. The summed E-state index contributed by atoms with van der Waals surface area (Å²) >= 11 is 0. The Morgan fingerprint density at radius 3 is 2.95 bits per heavy atom. The highest BCUT2D eigenvalue weighted by atomic mass is 32.2. The van der Waals surface area contributed by atoms with Crippen LogP contribution in [0.1, 0.15) is 24.2 Å². The molecule has 7 nitrogen and oxygen atoms in total. The molecule has 2 heterocycles. The fourth-order valence-corrected chi connectivity index (χ4v) is 4.59. The Balaban J connectivity index is 2.27. The molecule has 0 spiro atoms. The number of aryl methyl sites for hydroxylation is 1. The van der Waals surface area contributed by atoms with Gasteiger partial charge in [-0.3, -0.25) is 5.10 Å². The molecule has 0 amide bonds. The van der Waals surface area contributed by atoms with Crippen LogP contribution in [0.5, 0.6) is 0 Å². The lowest BCUT2D eigenvalue weighted by atomic mass is 10.0. The molecule has 0 saturated carbocycles. The smallest absolute Gasteiger partial charge is 0.246 e. The minimum atomic E-state index is -3.54. The Labute approximate surface area is 119 Å². The van der Waals surface area contributed by atoms with Crippen molar-refractivity contribution in [3.63, 3.8) is 0 Å². The Hall–Kier alpha value is -0.960. The normalized spacial score (nSPS) is 21.2. The van der Waals surface area contributed by atoms with Crippen molar-refractivity contribution in [1.29, 1.82) is 0 Å². The topological polar surface area (TPSA) is 101 Å². The van der Waals surface area contributed by atoms with E-state index in [0.717, 1.165) is 12.8 Å². The maximum atomic E-state index is 12.8. The largest absolute Gasteiger partial charge is 0.384 e. The summed E-state index contributed by atoms with van der Waals surface area (Å²) in [5.41, 5.74) is 6.52. The zero-order valence-electron chi connectivity index (χ0n) is 11.9. The molecule has 0 aliphatic carbocycles. The van der Waals surface area contributed by atoms with Crippen LogP contribution in [0.4, 0.5) is 0 Å². The van der Waals surface area contributed by atoms with Crippen LogP contribution in [-0.2, 0) is 21.3 Å². The van der Waals surface area contributed by atoms with Crippen LogP contribution in [0.25, 0.3) is 0 Å². The predicted molar refractivity (Wildman–Crippen MR) is 74.6 cm³/mol. The first-order valence-corrected chi connectivity index (χ1v) is 8.17. The SMILES string of the molecule is COCC1CCCN(S(=O)(=O)c2c(CN)n[nH]c2C)C1. The quantitative estimate of drug-likeness (QED) is 0.810. The molecule has 1 fully saturated rings. The van der Waals surface area contributed by atoms with E-state index in [1.807, 2.05) is 0 Å². The second-order valence-corrected chi connectivity index (χ2v) is 7.03. The molecule has 1 atom stereocenters. The molecular weight excluding hydrogens is 280 g/mol. The number of aromatic nitrogens is 2. The molecule has 0 aromatic carbocycles. The Bertz CT molecular complexity index is 553. The molecule has 1 saturated heterocycles. The fourth-order valence-electron chi connectivity index (χ4n) is 2.70. The van der Waals surface area contributed by atoms with Crippen molar-refractivity contribution < 1.29 is 13.2 Å². The molecule has 0 bridgehead atoms. The van der Waals surface area contributed by atoms with Crippen LogP contribution in [0.3, 0.4) is 0 Å². The summed E-state index contributed by atoms with van der Waals surface area (Å²) < 4.78 is 32.2. The molecule has 1 unspecified atom stereocenters. The minimum Gasteiger partial charge on any atom is -0.384 e. The van der Waals surface area contributed by atoms with Crippen molar-refractivity contribution in [3.8, 4) is 0 Å². The number of nitrogens with zero attached hydrogens (tertiary/aromatic N) is 2. The van der Waals surface area contributed by atoms with E-state index < -0.39 is 10.0 Å². The van der Waals surface area contributed by atoms with Gasteiger partial charge in [0.05, 0.1) is 18.0 Å². The fraction of sp³-hybridized carbons (Fsp3) is 0.750. The number of hydrogen-bond acceptors (Lipinski definition) is 5. The van der Waals surface area contributed by atoms with E-state index in [1.165, 1.54) is 4.31 Å². The van der Waals surface area contributed by atoms with Crippen molar-refractivity contribution in [2.24, 2.45) is 11.7 Å². The maximum Gasteiger partial charge on any atom is 0.246 e. The first kappa shape index (κ1) is 15.4. The summed E-state index contributed by atoms with van der Waals surface area (Å²) in [7, 11) is -1.90. The van der Waals surface area contributed by atoms with Crippen LogP contribution in [0.15, 0.2) is 4.90 Å². The highest BCUT2D eigenvalue weighted by molar-refractivity contribution is 7.89. The highest BCUT2D eigenvalue weighted by Crippen LogP contribution is 2.26. The molecule has 3 N–H and O–H groups in total. The number of nitrogens with two attached hydrogens (primary N) is 1. The molecule has 1 aliphatic heterocycles. The Morgan fingerprint density at radius 1 is 1.55 bits per heavy atom. The lowest BCUT2D eigenvalue weighted by Crippen LogP contribution is -2.41. The van der Waals surface area contributed by atoms with Gasteiger partial charge in [-0.15, -0.1) is 0 Å². The van der Waals surface area contributed by atoms with Gasteiger partial charge in [0.25, 0.3) is 0 Å². The van der Waals surface area contributed by atoms with E-state index in [-0.39, 0.29) is 17.4 Å². The predicted octanol–water partition coefficient (Wildman–Crippen LogP) is 0.224. The summed E-state index contributed by atoms with van der Waals surface area (Å²) in [6.45, 7) is 3.42. The summed E-state index contributed by atoms with van der Waals surface area (Å²) in [5.74, 6) is 0.247. The number of sulfonamides is 1. The maximum absolute atomic E-state index is 12.8. The van der Waals surface area contributed by atoms with E-state index in [1.54, 1.807) is 14.0 Å². The minimum absolute atomic E-state index is 0.105. The summed E-state index contributed by atoms with van der Waals surface area (Å²) in [6.07, 6.45) is 1.84. The van der Waals surface area contributed by atoms with Gasteiger partial charge >= 0.3 is 0 Å². The van der Waals surface area contributed by atoms with Crippen molar-refractivity contribution >= 4 is 10.0 Å². The van der Waals surface area contributed by atoms with Gasteiger partial charge in [0.1, 0.15) is 4.90 Å². The zero-order valence-corrected chi connectivity index (χ0v) is 12.7. The van der Waals surface area contributed by atoms with Gasteiger partial charge in [0.2, 0.25) is 10.0 Å². The van der Waals surface area contributed by atoms with E-state index in [2.05, 4.69) is 10.2 Å². The molecule has 1 aromatic rings. The number of ether oxygens (including phenoxy) is 1. The van der Waals surface area contributed by atoms with Gasteiger partial charge in [-0.1, -0.05) is 0 Å². The van der Waals surface area contributed by atoms with Gasteiger partial charge in [0, 0.05) is 26.7 Å². The van der Waals surface area contributed by atoms with Gasteiger partial charge in [-0.25, -0.2) is 8.42 Å². The van der Waals surface area contributed by atoms with Crippen LogP contribution in [0.2, 0.25) is 0 Å². The number of H-pyrrole nitrogens is 1. The summed E-state index contributed by atoms with van der Waals surface area (Å²) in [6, 6.07) is 0. The van der Waals surface area contributed by atoms with Gasteiger partial charge in [-0.05, 0) is 25.7 Å². The van der Waals surface area contributed by atoms with E-state index >= 15 is 0 Å². The van der Waals surface area contributed by atoms with Crippen LogP contribution in [-0.4, -0.2) is 49.7 Å². The Kier molecular flexibility index (Phi) is 4.79. The number of aromatic amines is 1. The van der Waals surface area contributed by atoms with Gasteiger partial charge in [0.15, 0.2) is 0 Å². The third-order valence-corrected chi connectivity index (χ3v) is 5.71. The van der Waals surface area contributed by atoms with E-state index in [4.69, 9.17) is 10.5 Å². The highest BCUT2D eigenvalue weighted by Gasteiger charge is 2.33. The summed E-state index contributed by atoms with van der Waals surface area (Å²) in [4.78, 5) is 0.234. The summed E-state index contributed by atoms with van der Waals surface area (Å²) in [5, 5.41) is 6.68. The average Bonchev–Trinajstić information content (AvgIpc) is 2.81. The molecule has 1 aromatic heterocycles. The standard InChI is InChI=1S/C12H22N4O3S/c1-9-12(11(6-13)15-14-9)20(17,18)16-5-3-4-10(7-16)8-19-2/h10H,3-8,13H2,1-2H3,(H,14,15). The van der Waals surface area contributed by atoms with Crippen molar-refractivity contribution in [3.05, 3.63) is 11.4 Å². The van der Waals surface area contributed by atoms with E-state index in [0.29, 0.717) is 31.1 Å². The second kappa shape index (κ2) is 6.21. The number of methoxy groups -OCH3 is 1. The first-order valence-electron chi connectivity index (χ1n) is 6.73. The average molecular weight is 302 g/mol. The van der Waals surface area contributed by atoms with Crippen LogP contribution >= 0.6 is 0 Å².